The predicted molar refractivity (Wildman–Crippen MR) is 115 cm³/mol. The quantitative estimate of drug-likeness (QED) is 0.488. The van der Waals surface area contributed by atoms with Crippen molar-refractivity contribution < 1.29 is 28.7 Å². The second kappa shape index (κ2) is 9.88. The topological polar surface area (TPSA) is 117 Å². The van der Waals surface area contributed by atoms with E-state index in [2.05, 4.69) is 10.9 Å². The molecule has 1 aliphatic carbocycles. The van der Waals surface area contributed by atoms with Gasteiger partial charge in [0.2, 0.25) is 0 Å². The first kappa shape index (κ1) is 23.4. The van der Waals surface area contributed by atoms with Crippen LogP contribution in [0.3, 0.4) is 0 Å². The van der Waals surface area contributed by atoms with Gasteiger partial charge in [0.25, 0.3) is 17.7 Å². The van der Waals surface area contributed by atoms with Crippen LogP contribution in [0, 0.1) is 0 Å². The zero-order chi connectivity index (χ0) is 23.3. The molecule has 0 unspecified atom stereocenters. The second-order valence-corrected chi connectivity index (χ2v) is 8.04. The van der Waals surface area contributed by atoms with Crippen molar-refractivity contribution in [1.29, 1.82) is 0 Å². The number of hydrazine groups is 1. The van der Waals surface area contributed by atoms with Crippen molar-refractivity contribution in [2.75, 3.05) is 27.3 Å². The van der Waals surface area contributed by atoms with Crippen molar-refractivity contribution in [2.24, 2.45) is 0 Å². The first-order chi connectivity index (χ1) is 15.3. The summed E-state index contributed by atoms with van der Waals surface area (Å²) in [5, 5.41) is 0. The van der Waals surface area contributed by atoms with Gasteiger partial charge < -0.3 is 14.4 Å². The first-order valence-electron chi connectivity index (χ1n) is 10.8. The van der Waals surface area contributed by atoms with E-state index in [9.17, 15) is 19.2 Å². The Morgan fingerprint density at radius 3 is 2.47 bits per heavy atom. The average molecular weight is 447 g/mol. The number of benzene rings is 1. The van der Waals surface area contributed by atoms with E-state index in [1.165, 1.54) is 18.1 Å². The van der Waals surface area contributed by atoms with Crippen LogP contribution in [-0.4, -0.2) is 66.4 Å². The highest BCUT2D eigenvalue weighted by Gasteiger charge is 2.55. The normalized spacial score (nSPS) is 17.5. The Morgan fingerprint density at radius 1 is 1.09 bits per heavy atom. The molecule has 2 aliphatic rings. The molecule has 1 aromatic carbocycles. The van der Waals surface area contributed by atoms with Crippen molar-refractivity contribution >= 4 is 23.8 Å². The molecule has 10 heteroatoms. The van der Waals surface area contributed by atoms with E-state index in [4.69, 9.17) is 9.47 Å². The fraction of sp³-hybridized carbons (Fsp3) is 0.545. The number of hydrogen-bond donors (Lipinski definition) is 2. The van der Waals surface area contributed by atoms with Gasteiger partial charge in [0.1, 0.15) is 12.1 Å². The Hall–Kier alpha value is -3.30. The van der Waals surface area contributed by atoms with Gasteiger partial charge in [0.05, 0.1) is 13.7 Å². The Morgan fingerprint density at radius 2 is 1.81 bits per heavy atom. The van der Waals surface area contributed by atoms with Gasteiger partial charge in [-0.2, -0.15) is 0 Å². The highest BCUT2D eigenvalue weighted by Crippen LogP contribution is 2.39. The number of urea groups is 1. The minimum atomic E-state index is -0.850. The van der Waals surface area contributed by atoms with Crippen LogP contribution in [0.5, 0.6) is 11.5 Å². The van der Waals surface area contributed by atoms with E-state index in [1.54, 1.807) is 19.2 Å². The molecule has 10 nitrogen and oxygen atoms in total. The summed E-state index contributed by atoms with van der Waals surface area (Å²) in [7, 11) is 3.07. The van der Waals surface area contributed by atoms with E-state index in [0.29, 0.717) is 30.9 Å². The van der Waals surface area contributed by atoms with Crippen LogP contribution < -0.4 is 20.3 Å². The summed E-state index contributed by atoms with van der Waals surface area (Å²) in [6.45, 7) is 2.03. The van der Waals surface area contributed by atoms with Crippen molar-refractivity contribution in [3.63, 3.8) is 0 Å². The molecule has 2 fully saturated rings. The van der Waals surface area contributed by atoms with E-state index in [0.717, 1.165) is 30.6 Å². The molecule has 1 heterocycles. The van der Waals surface area contributed by atoms with E-state index >= 15 is 0 Å². The predicted octanol–water partition coefficient (Wildman–Crippen LogP) is 1.84. The van der Waals surface area contributed by atoms with E-state index in [-0.39, 0.29) is 11.5 Å². The van der Waals surface area contributed by atoms with E-state index in [1.807, 2.05) is 6.92 Å². The molecular weight excluding hydrogens is 416 g/mol. The third-order valence-corrected chi connectivity index (χ3v) is 5.99. The molecule has 1 aromatic rings. The average Bonchev–Trinajstić information content (AvgIpc) is 2.97. The van der Waals surface area contributed by atoms with Gasteiger partial charge in [-0.3, -0.25) is 30.1 Å². The zero-order valence-electron chi connectivity index (χ0n) is 18.7. The summed E-state index contributed by atoms with van der Waals surface area (Å²) in [6.07, 6.45) is 4.79. The minimum Gasteiger partial charge on any atom is -0.493 e. The fourth-order valence-electron chi connectivity index (χ4n) is 4.19. The van der Waals surface area contributed by atoms with Crippen LogP contribution in [-0.2, 0) is 9.59 Å². The number of likely N-dealkylation sites (N-methyl/N-ethyl adjacent to an activating group) is 1. The SMILES string of the molecule is CCCOc1ccc(C(=O)NNC(=O)CN2C(=O)N(C)C3(CCCCC3)C2=O)cc1OC. The summed E-state index contributed by atoms with van der Waals surface area (Å²) in [5.41, 5.74) is 3.97. The van der Waals surface area contributed by atoms with Crippen molar-refractivity contribution in [1.82, 2.24) is 20.7 Å². The molecule has 174 valence electrons. The lowest BCUT2D eigenvalue weighted by atomic mass is 9.81. The summed E-state index contributed by atoms with van der Waals surface area (Å²) < 4.78 is 10.8. The Balaban J connectivity index is 1.58. The van der Waals surface area contributed by atoms with Crippen LogP contribution in [0.4, 0.5) is 4.79 Å². The van der Waals surface area contributed by atoms with Gasteiger partial charge in [0, 0.05) is 12.6 Å². The molecule has 32 heavy (non-hydrogen) atoms. The van der Waals surface area contributed by atoms with Crippen LogP contribution >= 0.6 is 0 Å². The number of carbonyl (C=O) groups is 4. The van der Waals surface area contributed by atoms with Gasteiger partial charge >= 0.3 is 6.03 Å². The van der Waals surface area contributed by atoms with Crippen LogP contribution in [0.15, 0.2) is 18.2 Å². The lowest BCUT2D eigenvalue weighted by Crippen LogP contribution is -2.50. The first-order valence-corrected chi connectivity index (χ1v) is 10.8. The summed E-state index contributed by atoms with van der Waals surface area (Å²) in [4.78, 5) is 52.7. The molecule has 1 spiro atoms. The molecule has 0 radical (unpaired) electrons. The van der Waals surface area contributed by atoms with Gasteiger partial charge in [-0.1, -0.05) is 26.2 Å². The van der Waals surface area contributed by atoms with Crippen molar-refractivity contribution in [3.8, 4) is 11.5 Å². The van der Waals surface area contributed by atoms with Gasteiger partial charge in [-0.25, -0.2) is 4.79 Å². The third kappa shape index (κ3) is 4.49. The molecule has 1 saturated heterocycles. The maximum absolute atomic E-state index is 12.9. The number of amides is 5. The Labute approximate surface area is 187 Å². The molecule has 5 amide bonds. The zero-order valence-corrected chi connectivity index (χ0v) is 18.7. The van der Waals surface area contributed by atoms with Crippen molar-refractivity contribution in [3.05, 3.63) is 23.8 Å². The number of ether oxygens (including phenoxy) is 2. The number of hydrogen-bond acceptors (Lipinski definition) is 6. The van der Waals surface area contributed by atoms with Gasteiger partial charge in [0.15, 0.2) is 11.5 Å². The van der Waals surface area contributed by atoms with Crippen LogP contribution in [0.25, 0.3) is 0 Å². The standard InChI is InChI=1S/C22H30N4O6/c1-4-12-32-16-9-8-15(13-17(16)31-3)19(28)24-23-18(27)14-26-20(29)22(25(2)21(26)30)10-6-5-7-11-22/h8-9,13H,4-7,10-12,14H2,1-3H3,(H,23,27)(H,24,28). The van der Waals surface area contributed by atoms with E-state index < -0.39 is 29.9 Å². The lowest BCUT2D eigenvalue weighted by Gasteiger charge is -2.35. The van der Waals surface area contributed by atoms with Crippen LogP contribution in [0.1, 0.15) is 55.8 Å². The van der Waals surface area contributed by atoms with Gasteiger partial charge in [-0.05, 0) is 37.5 Å². The van der Waals surface area contributed by atoms with Gasteiger partial charge in [-0.15, -0.1) is 0 Å². The summed E-state index contributed by atoms with van der Waals surface area (Å²) in [6, 6.07) is 4.17. The van der Waals surface area contributed by atoms with Crippen LogP contribution in [0.2, 0.25) is 0 Å². The Bertz CT molecular complexity index is 896. The number of nitrogens with one attached hydrogen (secondary N) is 2. The molecular formula is C22H30N4O6. The molecule has 3 rings (SSSR count). The van der Waals surface area contributed by atoms with Crippen molar-refractivity contribution in [2.45, 2.75) is 51.0 Å². The number of rotatable bonds is 7. The second-order valence-electron chi connectivity index (χ2n) is 8.04. The maximum Gasteiger partial charge on any atom is 0.327 e. The number of nitrogens with zero attached hydrogens (tertiary/aromatic N) is 2. The number of carbonyl (C=O) groups excluding carboxylic acids is 4. The number of imide groups is 1. The highest BCUT2D eigenvalue weighted by atomic mass is 16.5. The monoisotopic (exact) mass is 446 g/mol. The maximum atomic E-state index is 12.9. The lowest BCUT2D eigenvalue weighted by molar-refractivity contribution is -0.137. The fourth-order valence-corrected chi connectivity index (χ4v) is 4.19. The molecule has 1 aliphatic heterocycles. The Kier molecular flexibility index (Phi) is 7.22. The summed E-state index contributed by atoms with van der Waals surface area (Å²) in [5.74, 6) is -0.679. The summed E-state index contributed by atoms with van der Waals surface area (Å²) >= 11 is 0. The molecule has 0 bridgehead atoms. The molecule has 1 saturated carbocycles. The molecule has 0 atom stereocenters. The third-order valence-electron chi connectivity index (χ3n) is 5.99. The largest absolute Gasteiger partial charge is 0.493 e. The molecule has 0 aromatic heterocycles. The minimum absolute atomic E-state index is 0.250. The highest BCUT2D eigenvalue weighted by molar-refractivity contribution is 6.09. The smallest absolute Gasteiger partial charge is 0.327 e. The number of methoxy groups -OCH3 is 1. The molecule has 2 N–H and O–H groups in total.